The van der Waals surface area contributed by atoms with Crippen LogP contribution in [0.2, 0.25) is 5.02 Å². The van der Waals surface area contributed by atoms with Crippen LogP contribution in [-0.2, 0) is 16.1 Å². The van der Waals surface area contributed by atoms with Crippen LogP contribution in [0, 0.1) is 0 Å². The molecule has 0 unspecified atom stereocenters. The standard InChI is InChI=1S/C22H21ClN2O3S/c1-14(2)15-3-5-17(6-4-15)22-25-19(13-29-22)12-28-20(26)11-24-21(27)16-7-9-18(23)10-8-16/h3-10,13-14H,11-12H2,1-2H3,(H,24,27). The summed E-state index contributed by atoms with van der Waals surface area (Å²) >= 11 is 7.29. The highest BCUT2D eigenvalue weighted by atomic mass is 35.5. The number of hydrogen-bond acceptors (Lipinski definition) is 5. The Morgan fingerprint density at radius 2 is 1.79 bits per heavy atom. The lowest BCUT2D eigenvalue weighted by Crippen LogP contribution is -2.30. The van der Waals surface area contributed by atoms with Crippen LogP contribution in [0.4, 0.5) is 0 Å². The number of esters is 1. The molecule has 0 atom stereocenters. The molecule has 150 valence electrons. The average Bonchev–Trinajstić information content (AvgIpc) is 3.20. The van der Waals surface area contributed by atoms with Crippen molar-refractivity contribution in [3.8, 4) is 10.6 Å². The smallest absolute Gasteiger partial charge is 0.325 e. The summed E-state index contributed by atoms with van der Waals surface area (Å²) < 4.78 is 5.20. The molecule has 29 heavy (non-hydrogen) atoms. The molecule has 0 aliphatic rings. The number of rotatable bonds is 7. The number of carbonyl (C=O) groups is 2. The Labute approximate surface area is 178 Å². The molecule has 3 aromatic rings. The highest BCUT2D eigenvalue weighted by Crippen LogP contribution is 2.26. The van der Waals surface area contributed by atoms with Gasteiger partial charge in [0.1, 0.15) is 18.2 Å². The summed E-state index contributed by atoms with van der Waals surface area (Å²) in [6.45, 7) is 4.16. The Bertz CT molecular complexity index is 982. The Morgan fingerprint density at radius 1 is 1.10 bits per heavy atom. The molecule has 1 amide bonds. The third-order valence-electron chi connectivity index (χ3n) is 4.26. The lowest BCUT2D eigenvalue weighted by atomic mass is 10.0. The highest BCUT2D eigenvalue weighted by Gasteiger charge is 2.11. The van der Waals surface area contributed by atoms with Gasteiger partial charge in [-0.3, -0.25) is 9.59 Å². The predicted octanol–water partition coefficient (Wildman–Crippen LogP) is 5.06. The van der Waals surface area contributed by atoms with E-state index in [1.165, 1.54) is 16.9 Å². The first-order valence-electron chi connectivity index (χ1n) is 9.16. The second-order valence-corrected chi connectivity index (χ2v) is 8.07. The zero-order chi connectivity index (χ0) is 20.8. The van der Waals surface area contributed by atoms with E-state index >= 15 is 0 Å². The van der Waals surface area contributed by atoms with Crippen molar-refractivity contribution in [2.75, 3.05) is 6.54 Å². The largest absolute Gasteiger partial charge is 0.458 e. The topological polar surface area (TPSA) is 68.3 Å². The van der Waals surface area contributed by atoms with Gasteiger partial charge in [-0.15, -0.1) is 11.3 Å². The van der Waals surface area contributed by atoms with E-state index in [0.717, 1.165) is 10.6 Å². The minimum atomic E-state index is -0.525. The van der Waals surface area contributed by atoms with E-state index in [9.17, 15) is 9.59 Å². The third kappa shape index (κ3) is 5.89. The first-order valence-corrected chi connectivity index (χ1v) is 10.4. The van der Waals surface area contributed by atoms with Gasteiger partial charge in [0.05, 0.1) is 5.69 Å². The van der Waals surface area contributed by atoms with E-state index in [-0.39, 0.29) is 19.1 Å². The fraction of sp³-hybridized carbons (Fsp3) is 0.227. The molecule has 0 aliphatic heterocycles. The van der Waals surface area contributed by atoms with Gasteiger partial charge in [-0.05, 0) is 35.7 Å². The molecule has 0 bridgehead atoms. The summed E-state index contributed by atoms with van der Waals surface area (Å²) in [6.07, 6.45) is 0. The molecule has 0 radical (unpaired) electrons. The van der Waals surface area contributed by atoms with Crippen molar-refractivity contribution in [3.63, 3.8) is 0 Å². The summed E-state index contributed by atoms with van der Waals surface area (Å²) in [5.41, 5.74) is 3.41. The van der Waals surface area contributed by atoms with E-state index in [0.29, 0.717) is 22.2 Å². The molecule has 0 fully saturated rings. The first-order chi connectivity index (χ1) is 13.9. The maximum atomic E-state index is 12.0. The van der Waals surface area contributed by atoms with E-state index in [4.69, 9.17) is 16.3 Å². The zero-order valence-corrected chi connectivity index (χ0v) is 17.7. The van der Waals surface area contributed by atoms with Crippen molar-refractivity contribution in [1.82, 2.24) is 10.3 Å². The Morgan fingerprint density at radius 3 is 2.45 bits per heavy atom. The van der Waals surface area contributed by atoms with E-state index in [1.807, 2.05) is 5.38 Å². The van der Waals surface area contributed by atoms with Gasteiger partial charge in [0.15, 0.2) is 0 Å². The minimum Gasteiger partial charge on any atom is -0.458 e. The number of thiazole rings is 1. The molecule has 5 nitrogen and oxygen atoms in total. The van der Waals surface area contributed by atoms with Gasteiger partial charge in [-0.1, -0.05) is 49.7 Å². The molecule has 3 rings (SSSR count). The molecule has 7 heteroatoms. The summed E-state index contributed by atoms with van der Waals surface area (Å²) in [7, 11) is 0. The quantitative estimate of drug-likeness (QED) is 0.534. The molecule has 1 heterocycles. The van der Waals surface area contributed by atoms with E-state index in [2.05, 4.69) is 48.4 Å². The average molecular weight is 429 g/mol. The maximum absolute atomic E-state index is 12.0. The Kier molecular flexibility index (Phi) is 7.01. The third-order valence-corrected chi connectivity index (χ3v) is 5.45. The number of amides is 1. The van der Waals surface area contributed by atoms with Crippen LogP contribution in [0.25, 0.3) is 10.6 Å². The van der Waals surface area contributed by atoms with Crippen molar-refractivity contribution in [3.05, 3.63) is 75.8 Å². The van der Waals surface area contributed by atoms with Crippen molar-refractivity contribution >= 4 is 34.8 Å². The molecule has 0 saturated carbocycles. The van der Waals surface area contributed by atoms with Crippen molar-refractivity contribution in [1.29, 1.82) is 0 Å². The monoisotopic (exact) mass is 428 g/mol. The maximum Gasteiger partial charge on any atom is 0.325 e. The number of carbonyl (C=O) groups excluding carboxylic acids is 2. The normalized spacial score (nSPS) is 10.8. The summed E-state index contributed by atoms with van der Waals surface area (Å²) in [5, 5.41) is 5.81. The van der Waals surface area contributed by atoms with Crippen molar-refractivity contribution in [2.24, 2.45) is 0 Å². The van der Waals surface area contributed by atoms with Crippen LogP contribution in [-0.4, -0.2) is 23.4 Å². The van der Waals surface area contributed by atoms with E-state index < -0.39 is 5.97 Å². The van der Waals surface area contributed by atoms with Gasteiger partial charge in [-0.2, -0.15) is 0 Å². The Balaban J connectivity index is 1.48. The SMILES string of the molecule is CC(C)c1ccc(-c2nc(COC(=O)CNC(=O)c3ccc(Cl)cc3)cs2)cc1. The molecular formula is C22H21ClN2O3S. The lowest BCUT2D eigenvalue weighted by molar-refractivity contribution is -0.143. The summed E-state index contributed by atoms with van der Waals surface area (Å²) in [6, 6.07) is 14.7. The van der Waals surface area contributed by atoms with E-state index in [1.54, 1.807) is 24.3 Å². The van der Waals surface area contributed by atoms with Gasteiger partial charge < -0.3 is 10.1 Å². The summed E-state index contributed by atoms with van der Waals surface area (Å²) in [4.78, 5) is 28.4. The molecule has 2 aromatic carbocycles. The van der Waals surface area contributed by atoms with Crippen LogP contribution in [0.1, 0.15) is 41.4 Å². The fourth-order valence-electron chi connectivity index (χ4n) is 2.58. The molecule has 1 N–H and O–H groups in total. The van der Waals surface area contributed by atoms with Crippen LogP contribution in [0.3, 0.4) is 0 Å². The Hall–Kier alpha value is -2.70. The minimum absolute atomic E-state index is 0.0657. The van der Waals surface area contributed by atoms with Crippen LogP contribution in [0.5, 0.6) is 0 Å². The van der Waals surface area contributed by atoms with Crippen LogP contribution < -0.4 is 5.32 Å². The molecular weight excluding hydrogens is 408 g/mol. The molecule has 0 saturated heterocycles. The number of nitrogens with one attached hydrogen (secondary N) is 1. The number of halogens is 1. The number of benzene rings is 2. The number of ether oxygens (including phenoxy) is 1. The fourth-order valence-corrected chi connectivity index (χ4v) is 3.51. The van der Waals surface area contributed by atoms with Gasteiger partial charge >= 0.3 is 5.97 Å². The number of hydrogen-bond donors (Lipinski definition) is 1. The van der Waals surface area contributed by atoms with Gasteiger partial charge in [0.25, 0.3) is 5.91 Å². The second-order valence-electron chi connectivity index (χ2n) is 6.77. The highest BCUT2D eigenvalue weighted by molar-refractivity contribution is 7.13. The van der Waals surface area contributed by atoms with Gasteiger partial charge in [-0.25, -0.2) is 4.98 Å². The van der Waals surface area contributed by atoms with Crippen molar-refractivity contribution in [2.45, 2.75) is 26.4 Å². The predicted molar refractivity (Wildman–Crippen MR) is 115 cm³/mol. The second kappa shape index (κ2) is 9.67. The first kappa shape index (κ1) is 21.0. The van der Waals surface area contributed by atoms with Gasteiger partial charge in [0.2, 0.25) is 0 Å². The molecule has 0 spiro atoms. The zero-order valence-electron chi connectivity index (χ0n) is 16.1. The van der Waals surface area contributed by atoms with Crippen LogP contribution in [0.15, 0.2) is 53.9 Å². The number of aromatic nitrogens is 1. The lowest BCUT2D eigenvalue weighted by Gasteiger charge is -2.06. The van der Waals surface area contributed by atoms with Crippen molar-refractivity contribution < 1.29 is 14.3 Å². The number of nitrogens with zero attached hydrogens (tertiary/aromatic N) is 1. The van der Waals surface area contributed by atoms with Crippen LogP contribution >= 0.6 is 22.9 Å². The summed E-state index contributed by atoms with van der Waals surface area (Å²) in [5.74, 6) is -0.405. The molecule has 1 aromatic heterocycles. The molecule has 0 aliphatic carbocycles. The van der Waals surface area contributed by atoms with Gasteiger partial charge in [0, 0.05) is 21.5 Å².